The van der Waals surface area contributed by atoms with Crippen LogP contribution in [0.3, 0.4) is 0 Å². The molecule has 0 spiro atoms. The third kappa shape index (κ3) is 1.88. The molecule has 0 amide bonds. The van der Waals surface area contributed by atoms with Gasteiger partial charge >= 0.3 is 0 Å². The van der Waals surface area contributed by atoms with E-state index in [1.165, 1.54) is 6.07 Å². The highest BCUT2D eigenvalue weighted by atomic mass is 32.2. The SMILES string of the molecule is O=S(=O)(OP)c1cccc2ccccc12. The fraction of sp³-hybridized carbons (Fsp3) is 0. The van der Waals surface area contributed by atoms with E-state index in [2.05, 4.69) is 3.97 Å². The van der Waals surface area contributed by atoms with Crippen LogP contribution in [0, 0.1) is 0 Å². The summed E-state index contributed by atoms with van der Waals surface area (Å²) in [5.74, 6) is 0. The van der Waals surface area contributed by atoms with E-state index in [1.54, 1.807) is 27.7 Å². The van der Waals surface area contributed by atoms with Gasteiger partial charge in [-0.05, 0) is 11.5 Å². The van der Waals surface area contributed by atoms with E-state index in [4.69, 9.17) is 0 Å². The van der Waals surface area contributed by atoms with Gasteiger partial charge in [-0.1, -0.05) is 36.4 Å². The molecule has 0 aliphatic carbocycles. The van der Waals surface area contributed by atoms with Gasteiger partial charge in [0.2, 0.25) is 0 Å². The average Bonchev–Trinajstić information content (AvgIpc) is 2.28. The van der Waals surface area contributed by atoms with Gasteiger partial charge in [-0.15, -0.1) is 0 Å². The first-order valence-electron chi connectivity index (χ1n) is 4.26. The van der Waals surface area contributed by atoms with Crippen LogP contribution in [0.5, 0.6) is 0 Å². The standard InChI is InChI=1S/C10H9O3PS/c11-15(12,13-14)10-7-3-5-8-4-1-2-6-9(8)10/h1-7H,14H2. The van der Waals surface area contributed by atoms with Crippen molar-refractivity contribution >= 4 is 30.4 Å². The van der Waals surface area contributed by atoms with Gasteiger partial charge in [0.05, 0.1) is 0 Å². The van der Waals surface area contributed by atoms with Gasteiger partial charge in [0, 0.05) is 14.9 Å². The Kier molecular flexibility index (Phi) is 2.74. The largest absolute Gasteiger partial charge is 0.300 e. The van der Waals surface area contributed by atoms with E-state index in [0.717, 1.165) is 5.39 Å². The summed E-state index contributed by atoms with van der Waals surface area (Å²) < 4.78 is 27.6. The van der Waals surface area contributed by atoms with E-state index in [-0.39, 0.29) is 4.90 Å². The average molecular weight is 240 g/mol. The first-order chi connectivity index (χ1) is 7.15. The third-order valence-electron chi connectivity index (χ3n) is 2.15. The molecule has 15 heavy (non-hydrogen) atoms. The molecule has 0 N–H and O–H groups in total. The summed E-state index contributed by atoms with van der Waals surface area (Å²) in [6.45, 7) is 0. The Morgan fingerprint density at radius 3 is 2.40 bits per heavy atom. The summed E-state index contributed by atoms with van der Waals surface area (Å²) in [6, 6.07) is 12.4. The molecule has 0 aliphatic rings. The number of hydrogen-bond donors (Lipinski definition) is 0. The van der Waals surface area contributed by atoms with Crippen molar-refractivity contribution in [3.8, 4) is 0 Å². The molecule has 2 aromatic carbocycles. The lowest BCUT2D eigenvalue weighted by atomic mass is 10.1. The number of rotatable bonds is 2. The van der Waals surface area contributed by atoms with Crippen LogP contribution in [0.4, 0.5) is 0 Å². The molecule has 2 rings (SSSR count). The lowest BCUT2D eigenvalue weighted by molar-refractivity contribution is 0.519. The third-order valence-corrected chi connectivity index (χ3v) is 4.05. The van der Waals surface area contributed by atoms with Crippen molar-refractivity contribution in [3.05, 3.63) is 42.5 Å². The van der Waals surface area contributed by atoms with E-state index in [1.807, 2.05) is 18.2 Å². The molecular formula is C10H9O3PS. The predicted octanol–water partition coefficient (Wildman–Crippen LogP) is 2.34. The van der Waals surface area contributed by atoms with Gasteiger partial charge in [-0.2, -0.15) is 8.42 Å². The zero-order valence-corrected chi connectivity index (χ0v) is 9.72. The molecule has 0 bridgehead atoms. The molecule has 0 aliphatic heterocycles. The lowest BCUT2D eigenvalue weighted by Crippen LogP contribution is -2.00. The van der Waals surface area contributed by atoms with E-state index >= 15 is 0 Å². The topological polar surface area (TPSA) is 43.4 Å². The minimum Gasteiger partial charge on any atom is -0.251 e. The summed E-state index contributed by atoms with van der Waals surface area (Å²) in [7, 11) is -1.90. The monoisotopic (exact) mass is 240 g/mol. The maximum Gasteiger partial charge on any atom is 0.300 e. The highest BCUT2D eigenvalue weighted by molar-refractivity contribution is 7.89. The minimum absolute atomic E-state index is 0.190. The Balaban J connectivity index is 2.83. The van der Waals surface area contributed by atoms with Gasteiger partial charge in [-0.3, -0.25) is 3.97 Å². The number of hydrogen-bond acceptors (Lipinski definition) is 3. The second-order valence-corrected chi connectivity index (χ2v) is 5.15. The first kappa shape index (κ1) is 10.6. The summed E-state index contributed by atoms with van der Waals surface area (Å²) >= 11 is 0. The van der Waals surface area contributed by atoms with Gasteiger partial charge in [-0.25, -0.2) is 0 Å². The van der Waals surface area contributed by atoms with Gasteiger partial charge in [0.15, 0.2) is 0 Å². The molecular weight excluding hydrogens is 231 g/mol. The fourth-order valence-electron chi connectivity index (χ4n) is 1.47. The Hall–Kier alpha value is -0.960. The van der Waals surface area contributed by atoms with Crippen LogP contribution in [0.15, 0.2) is 47.4 Å². The van der Waals surface area contributed by atoms with Crippen molar-refractivity contribution in [1.82, 2.24) is 0 Å². The minimum atomic E-state index is -3.66. The molecule has 0 aromatic heterocycles. The summed E-state index contributed by atoms with van der Waals surface area (Å²) in [4.78, 5) is 0.190. The molecule has 5 heteroatoms. The van der Waals surface area contributed by atoms with Crippen LogP contribution >= 0.6 is 9.47 Å². The summed E-state index contributed by atoms with van der Waals surface area (Å²) in [5.41, 5.74) is 0. The molecule has 0 saturated carbocycles. The van der Waals surface area contributed by atoms with E-state index < -0.39 is 10.1 Å². The quantitative estimate of drug-likeness (QED) is 0.757. The van der Waals surface area contributed by atoms with Crippen molar-refractivity contribution in [2.24, 2.45) is 0 Å². The molecule has 0 radical (unpaired) electrons. The maximum atomic E-state index is 11.6. The summed E-state index contributed by atoms with van der Waals surface area (Å²) in [6.07, 6.45) is 0. The molecule has 0 saturated heterocycles. The van der Waals surface area contributed by atoms with Crippen LogP contribution in [0.25, 0.3) is 10.8 Å². The maximum absolute atomic E-state index is 11.6. The predicted molar refractivity (Wildman–Crippen MR) is 61.9 cm³/mol. The second kappa shape index (κ2) is 3.89. The van der Waals surface area contributed by atoms with Crippen molar-refractivity contribution < 1.29 is 12.4 Å². The van der Waals surface area contributed by atoms with E-state index in [0.29, 0.717) is 5.39 Å². The molecule has 78 valence electrons. The summed E-state index contributed by atoms with van der Waals surface area (Å²) in [5, 5.41) is 1.54. The lowest BCUT2D eigenvalue weighted by Gasteiger charge is -2.05. The zero-order valence-electron chi connectivity index (χ0n) is 7.75. The highest BCUT2D eigenvalue weighted by Gasteiger charge is 2.15. The Morgan fingerprint density at radius 1 is 1.00 bits per heavy atom. The van der Waals surface area contributed by atoms with Crippen molar-refractivity contribution in [2.45, 2.75) is 4.90 Å². The Bertz CT molecular complexity index is 587. The van der Waals surface area contributed by atoms with Crippen molar-refractivity contribution in [1.29, 1.82) is 0 Å². The van der Waals surface area contributed by atoms with Gasteiger partial charge in [0.25, 0.3) is 10.1 Å². The van der Waals surface area contributed by atoms with Crippen LogP contribution < -0.4 is 0 Å². The number of fused-ring (bicyclic) bond motifs is 1. The number of benzene rings is 2. The molecule has 2 aromatic rings. The first-order valence-corrected chi connectivity index (χ1v) is 6.14. The van der Waals surface area contributed by atoms with Crippen LogP contribution in [0.2, 0.25) is 0 Å². The fourth-order valence-corrected chi connectivity index (χ4v) is 2.58. The molecule has 0 heterocycles. The van der Waals surface area contributed by atoms with Crippen LogP contribution in [-0.2, 0) is 14.1 Å². The van der Waals surface area contributed by atoms with Crippen LogP contribution in [0.1, 0.15) is 0 Å². The normalized spacial score (nSPS) is 11.8. The molecule has 0 fully saturated rings. The van der Waals surface area contributed by atoms with Gasteiger partial charge in [0.1, 0.15) is 4.90 Å². The van der Waals surface area contributed by atoms with Crippen molar-refractivity contribution in [3.63, 3.8) is 0 Å². The molecule has 1 atom stereocenters. The van der Waals surface area contributed by atoms with Crippen LogP contribution in [-0.4, -0.2) is 8.42 Å². The zero-order chi connectivity index (χ0) is 10.9. The highest BCUT2D eigenvalue weighted by Crippen LogP contribution is 2.24. The Morgan fingerprint density at radius 2 is 1.67 bits per heavy atom. The molecule has 1 unspecified atom stereocenters. The smallest absolute Gasteiger partial charge is 0.251 e. The molecule has 3 nitrogen and oxygen atoms in total. The van der Waals surface area contributed by atoms with E-state index in [9.17, 15) is 8.42 Å². The van der Waals surface area contributed by atoms with Gasteiger partial charge < -0.3 is 0 Å². The van der Waals surface area contributed by atoms with Crippen molar-refractivity contribution in [2.75, 3.05) is 0 Å². The Labute approximate surface area is 90.5 Å². The second-order valence-electron chi connectivity index (χ2n) is 3.03.